The van der Waals surface area contributed by atoms with E-state index in [1.54, 1.807) is 11.1 Å². The summed E-state index contributed by atoms with van der Waals surface area (Å²) < 4.78 is 1.31. The third-order valence-electron chi connectivity index (χ3n) is 4.69. The molecular weight excluding hydrogens is 369 g/mol. The van der Waals surface area contributed by atoms with Crippen LogP contribution in [0.1, 0.15) is 23.1 Å². The van der Waals surface area contributed by atoms with Crippen molar-refractivity contribution in [3.05, 3.63) is 68.8 Å². The van der Waals surface area contributed by atoms with Crippen LogP contribution in [0.4, 0.5) is 0 Å². The van der Waals surface area contributed by atoms with Crippen LogP contribution < -0.4 is 5.32 Å². The molecule has 0 saturated heterocycles. The fourth-order valence-corrected chi connectivity index (χ4v) is 3.81. The Morgan fingerprint density at radius 1 is 1.10 bits per heavy atom. The molecule has 0 spiro atoms. The molecule has 2 heteroatoms. The zero-order chi connectivity index (χ0) is 14.7. The first-order chi connectivity index (χ1) is 10.3. The minimum Gasteiger partial charge on any atom is -0.316 e. The Hall–Kier alpha value is -0.870. The van der Waals surface area contributed by atoms with Crippen molar-refractivity contribution in [3.63, 3.8) is 0 Å². The lowest BCUT2D eigenvalue weighted by Crippen LogP contribution is -2.38. The molecule has 0 aromatic heterocycles. The summed E-state index contributed by atoms with van der Waals surface area (Å²) in [6, 6.07) is 18.5. The summed E-state index contributed by atoms with van der Waals surface area (Å²) >= 11 is 2.37. The van der Waals surface area contributed by atoms with Crippen LogP contribution in [-0.4, -0.2) is 13.1 Å². The number of halogens is 1. The molecule has 1 nitrogen and oxygen atoms in total. The summed E-state index contributed by atoms with van der Waals surface area (Å²) in [5, 5.41) is 3.56. The fraction of sp³-hybridized carbons (Fsp3) is 0.368. The predicted octanol–water partition coefficient (Wildman–Crippen LogP) is 4.23. The van der Waals surface area contributed by atoms with E-state index in [2.05, 4.69) is 83.5 Å². The largest absolute Gasteiger partial charge is 0.316 e. The number of aryl methyl sites for hydroxylation is 1. The van der Waals surface area contributed by atoms with Crippen molar-refractivity contribution in [1.29, 1.82) is 0 Å². The molecule has 2 aromatic rings. The van der Waals surface area contributed by atoms with Crippen molar-refractivity contribution in [2.45, 2.75) is 31.7 Å². The van der Waals surface area contributed by atoms with Gasteiger partial charge in [-0.3, -0.25) is 0 Å². The maximum Gasteiger partial charge on any atom is 0.0136 e. The summed E-state index contributed by atoms with van der Waals surface area (Å²) in [7, 11) is 2.11. The van der Waals surface area contributed by atoms with E-state index in [1.165, 1.54) is 28.4 Å². The van der Waals surface area contributed by atoms with Gasteiger partial charge in [0.25, 0.3) is 0 Å². The van der Waals surface area contributed by atoms with E-state index in [4.69, 9.17) is 0 Å². The standard InChI is InChI=1S/C19H22IN/c1-21-19(12-14-6-10-18(20)11-7-14)17-9-8-15-4-2-3-5-16(15)13-17/h2-7,10-11,17,19,21H,8-9,12-13H2,1H3. The lowest BCUT2D eigenvalue weighted by Gasteiger charge is -2.31. The minimum atomic E-state index is 0.568. The second kappa shape index (κ2) is 6.93. The smallest absolute Gasteiger partial charge is 0.0136 e. The molecule has 1 aliphatic carbocycles. The molecule has 21 heavy (non-hydrogen) atoms. The molecule has 0 aliphatic heterocycles. The van der Waals surface area contributed by atoms with Crippen LogP contribution in [0.25, 0.3) is 0 Å². The third kappa shape index (κ3) is 3.67. The molecule has 1 N–H and O–H groups in total. The second-order valence-corrected chi connectivity index (χ2v) is 7.24. The third-order valence-corrected chi connectivity index (χ3v) is 5.41. The van der Waals surface area contributed by atoms with Gasteiger partial charge in [0.1, 0.15) is 0 Å². The highest BCUT2D eigenvalue weighted by atomic mass is 127. The average Bonchev–Trinajstić information content (AvgIpc) is 2.54. The monoisotopic (exact) mass is 391 g/mol. The van der Waals surface area contributed by atoms with Gasteiger partial charge in [-0.1, -0.05) is 36.4 Å². The quantitative estimate of drug-likeness (QED) is 0.770. The van der Waals surface area contributed by atoms with Crippen molar-refractivity contribution in [1.82, 2.24) is 5.32 Å². The Balaban J connectivity index is 1.71. The first kappa shape index (κ1) is 15.0. The van der Waals surface area contributed by atoms with E-state index in [-0.39, 0.29) is 0 Å². The summed E-state index contributed by atoms with van der Waals surface area (Å²) in [6.07, 6.45) is 4.87. The fourth-order valence-electron chi connectivity index (χ4n) is 3.45. The van der Waals surface area contributed by atoms with Crippen LogP contribution in [0.15, 0.2) is 48.5 Å². The van der Waals surface area contributed by atoms with Crippen molar-refractivity contribution in [2.75, 3.05) is 7.05 Å². The van der Waals surface area contributed by atoms with E-state index in [0.717, 1.165) is 12.3 Å². The Kier molecular flexibility index (Phi) is 4.96. The van der Waals surface area contributed by atoms with E-state index in [9.17, 15) is 0 Å². The zero-order valence-electron chi connectivity index (χ0n) is 12.5. The van der Waals surface area contributed by atoms with Gasteiger partial charge in [-0.2, -0.15) is 0 Å². The van der Waals surface area contributed by atoms with Crippen molar-refractivity contribution in [3.8, 4) is 0 Å². The molecule has 2 unspecified atom stereocenters. The first-order valence-corrected chi connectivity index (χ1v) is 8.82. The van der Waals surface area contributed by atoms with Crippen molar-refractivity contribution >= 4 is 22.6 Å². The van der Waals surface area contributed by atoms with Gasteiger partial charge < -0.3 is 5.32 Å². The lowest BCUT2D eigenvalue weighted by molar-refractivity contribution is 0.333. The van der Waals surface area contributed by atoms with Gasteiger partial charge in [0.2, 0.25) is 0 Å². The van der Waals surface area contributed by atoms with E-state index >= 15 is 0 Å². The van der Waals surface area contributed by atoms with Gasteiger partial charge in [-0.05, 0) is 90.1 Å². The lowest BCUT2D eigenvalue weighted by atomic mass is 9.78. The van der Waals surface area contributed by atoms with Crippen LogP contribution in [0.5, 0.6) is 0 Å². The van der Waals surface area contributed by atoms with Crippen LogP contribution >= 0.6 is 22.6 Å². The van der Waals surface area contributed by atoms with Crippen molar-refractivity contribution in [2.24, 2.45) is 5.92 Å². The molecule has 0 amide bonds. The summed E-state index contributed by atoms with van der Waals surface area (Å²) in [5.74, 6) is 0.740. The summed E-state index contributed by atoms with van der Waals surface area (Å²) in [6.45, 7) is 0. The maximum absolute atomic E-state index is 3.56. The van der Waals surface area contributed by atoms with E-state index in [0.29, 0.717) is 6.04 Å². The van der Waals surface area contributed by atoms with E-state index < -0.39 is 0 Å². The Labute approximate surface area is 141 Å². The molecule has 0 bridgehead atoms. The Bertz CT molecular complexity index is 591. The maximum atomic E-state index is 3.56. The molecule has 2 aromatic carbocycles. The molecule has 0 saturated carbocycles. The molecule has 0 radical (unpaired) electrons. The number of fused-ring (bicyclic) bond motifs is 1. The topological polar surface area (TPSA) is 12.0 Å². The SMILES string of the molecule is CNC(Cc1ccc(I)cc1)C1CCc2ccccc2C1. The van der Waals surface area contributed by atoms with Gasteiger partial charge in [-0.25, -0.2) is 0 Å². The van der Waals surface area contributed by atoms with Crippen molar-refractivity contribution < 1.29 is 0 Å². The predicted molar refractivity (Wildman–Crippen MR) is 97.7 cm³/mol. The highest BCUT2D eigenvalue weighted by molar-refractivity contribution is 14.1. The Morgan fingerprint density at radius 2 is 1.81 bits per heavy atom. The number of hydrogen-bond acceptors (Lipinski definition) is 1. The van der Waals surface area contributed by atoms with Gasteiger partial charge in [0, 0.05) is 9.61 Å². The second-order valence-electron chi connectivity index (χ2n) is 6.00. The van der Waals surface area contributed by atoms with Gasteiger partial charge in [0.05, 0.1) is 0 Å². The number of benzene rings is 2. The van der Waals surface area contributed by atoms with Gasteiger partial charge in [-0.15, -0.1) is 0 Å². The molecule has 2 atom stereocenters. The average molecular weight is 391 g/mol. The normalized spacial score (nSPS) is 19.0. The molecule has 0 fully saturated rings. The Morgan fingerprint density at radius 3 is 2.52 bits per heavy atom. The van der Waals surface area contributed by atoms with Crippen LogP contribution in [0.2, 0.25) is 0 Å². The van der Waals surface area contributed by atoms with Crippen LogP contribution in [0, 0.1) is 9.49 Å². The molecule has 1 aliphatic rings. The number of rotatable bonds is 4. The van der Waals surface area contributed by atoms with Gasteiger partial charge in [0.15, 0.2) is 0 Å². The summed E-state index contributed by atoms with van der Waals surface area (Å²) in [5.41, 5.74) is 4.54. The number of nitrogens with one attached hydrogen (secondary N) is 1. The molecule has 0 heterocycles. The molecule has 110 valence electrons. The number of hydrogen-bond donors (Lipinski definition) is 1. The van der Waals surface area contributed by atoms with Crippen LogP contribution in [0.3, 0.4) is 0 Å². The summed E-state index contributed by atoms with van der Waals surface area (Å²) in [4.78, 5) is 0. The van der Waals surface area contributed by atoms with Gasteiger partial charge >= 0.3 is 0 Å². The molecule has 3 rings (SSSR count). The highest BCUT2D eigenvalue weighted by Gasteiger charge is 2.25. The zero-order valence-corrected chi connectivity index (χ0v) is 14.6. The first-order valence-electron chi connectivity index (χ1n) is 7.75. The molecular formula is C19H22IN. The number of likely N-dealkylation sites (N-methyl/N-ethyl adjacent to an activating group) is 1. The highest BCUT2D eigenvalue weighted by Crippen LogP contribution is 2.28. The minimum absolute atomic E-state index is 0.568. The van der Waals surface area contributed by atoms with Crippen LogP contribution in [-0.2, 0) is 19.3 Å². The van der Waals surface area contributed by atoms with E-state index in [1.807, 2.05) is 0 Å².